The van der Waals surface area contributed by atoms with Crippen molar-refractivity contribution in [1.29, 1.82) is 0 Å². The van der Waals surface area contributed by atoms with Crippen LogP contribution in [0, 0.1) is 0 Å². The summed E-state index contributed by atoms with van der Waals surface area (Å²) < 4.78 is 7.12. The minimum Gasteiger partial charge on any atom is -0.387 e. The topological polar surface area (TPSA) is 216 Å². The number of carbonyl (C=O) groups is 2. The number of aryl methyl sites for hydroxylation is 1. The average Bonchev–Trinajstić information content (AvgIpc) is 3.48. The van der Waals surface area contributed by atoms with Crippen molar-refractivity contribution in [1.82, 2.24) is 30.2 Å². The lowest BCUT2D eigenvalue weighted by molar-refractivity contribution is -0.137. The molecule has 2 unspecified atom stereocenters. The molecule has 0 saturated carbocycles. The molecule has 4 rings (SSSR count). The molecule has 0 aliphatic carbocycles. The van der Waals surface area contributed by atoms with Crippen LogP contribution in [0.4, 0.5) is 11.8 Å². The molecule has 1 fully saturated rings. The van der Waals surface area contributed by atoms with E-state index in [-0.39, 0.29) is 23.3 Å². The number of nitrogens with two attached hydrogens (primary N) is 2. The molecule has 0 spiro atoms. The van der Waals surface area contributed by atoms with Gasteiger partial charge >= 0.3 is 0 Å². The van der Waals surface area contributed by atoms with Crippen LogP contribution in [0.25, 0.3) is 11.2 Å². The van der Waals surface area contributed by atoms with Crippen LogP contribution in [-0.4, -0.2) is 86.0 Å². The number of aliphatic hydroxyl groups excluding tert-OH is 2. The first-order valence-electron chi connectivity index (χ1n) is 12.9. The smallest absolute Gasteiger partial charge is 0.252 e. The highest BCUT2D eigenvalue weighted by Crippen LogP contribution is 2.32. The average molecular weight is 542 g/mol. The number of anilines is 2. The quantitative estimate of drug-likeness (QED) is 0.145. The Hall–Kier alpha value is -3.85. The van der Waals surface area contributed by atoms with Gasteiger partial charge in [0.05, 0.1) is 6.33 Å². The highest BCUT2D eigenvalue weighted by molar-refractivity contribution is 5.83. The lowest BCUT2D eigenvalue weighted by atomic mass is 10.1. The van der Waals surface area contributed by atoms with Gasteiger partial charge in [0.15, 0.2) is 23.8 Å². The zero-order chi connectivity index (χ0) is 27.9. The highest BCUT2D eigenvalue weighted by atomic mass is 16.6. The van der Waals surface area contributed by atoms with Crippen molar-refractivity contribution >= 4 is 34.7 Å². The lowest BCUT2D eigenvalue weighted by Gasteiger charge is -2.16. The molecule has 210 valence electrons. The summed E-state index contributed by atoms with van der Waals surface area (Å²) >= 11 is 0. The second-order valence-electron chi connectivity index (χ2n) is 9.21. The van der Waals surface area contributed by atoms with E-state index in [0.29, 0.717) is 51.0 Å². The maximum atomic E-state index is 12.2. The fourth-order valence-electron chi connectivity index (χ4n) is 4.33. The summed E-state index contributed by atoms with van der Waals surface area (Å²) in [5.74, 6) is -0.142. The standard InChI is InChI=1S/C25H35N9O5/c1-2-28-23(38)20-18(36)19(37)24(39-20)34-13-31-17-21(27)32-25(33-22(17)34)30-11-9-15-5-3-14(4-6-15)7-8-16(35)29-12-10-26/h3-6,13,18-20,24,36-37H,2,7-12,26H2,1H3,(H,28,38)(H,29,35)(H3,27,30,32,33)/t18-,19+,20?,24?/m1/s1. The van der Waals surface area contributed by atoms with Crippen LogP contribution < -0.4 is 27.4 Å². The minimum absolute atomic E-state index is 0.0155. The van der Waals surface area contributed by atoms with Gasteiger partial charge in [0, 0.05) is 32.6 Å². The number of benzene rings is 1. The van der Waals surface area contributed by atoms with Crippen LogP contribution in [-0.2, 0) is 27.2 Å². The summed E-state index contributed by atoms with van der Waals surface area (Å²) in [6, 6.07) is 8.02. The predicted molar refractivity (Wildman–Crippen MR) is 143 cm³/mol. The summed E-state index contributed by atoms with van der Waals surface area (Å²) in [4.78, 5) is 37.0. The Morgan fingerprint density at radius 3 is 2.46 bits per heavy atom. The van der Waals surface area contributed by atoms with Crippen molar-refractivity contribution in [2.45, 2.75) is 50.7 Å². The molecule has 1 aromatic carbocycles. The predicted octanol–water partition coefficient (Wildman–Crippen LogP) is -1.17. The molecule has 1 aliphatic heterocycles. The minimum atomic E-state index is -1.42. The van der Waals surface area contributed by atoms with E-state index in [2.05, 4.69) is 30.9 Å². The first kappa shape index (κ1) is 28.2. The van der Waals surface area contributed by atoms with Gasteiger partial charge in [-0.15, -0.1) is 0 Å². The molecule has 3 aromatic rings. The first-order valence-corrected chi connectivity index (χ1v) is 12.9. The molecule has 4 atom stereocenters. The molecule has 39 heavy (non-hydrogen) atoms. The number of hydrogen-bond acceptors (Lipinski definition) is 11. The van der Waals surface area contributed by atoms with E-state index in [1.807, 2.05) is 24.3 Å². The lowest BCUT2D eigenvalue weighted by Crippen LogP contribution is -2.42. The number of nitrogens with zero attached hydrogens (tertiary/aromatic N) is 4. The van der Waals surface area contributed by atoms with Crippen molar-refractivity contribution < 1.29 is 24.5 Å². The van der Waals surface area contributed by atoms with Crippen LogP contribution in [0.3, 0.4) is 0 Å². The molecule has 14 nitrogen and oxygen atoms in total. The molecule has 0 bridgehead atoms. The third-order valence-corrected chi connectivity index (χ3v) is 6.40. The summed E-state index contributed by atoms with van der Waals surface area (Å²) in [5, 5.41) is 29.4. The third-order valence-electron chi connectivity index (χ3n) is 6.40. The molecule has 9 N–H and O–H groups in total. The number of aliphatic hydroxyl groups is 2. The van der Waals surface area contributed by atoms with E-state index in [0.717, 1.165) is 11.1 Å². The van der Waals surface area contributed by atoms with Crippen LogP contribution in [0.15, 0.2) is 30.6 Å². The Morgan fingerprint density at radius 2 is 1.77 bits per heavy atom. The Bertz CT molecular complexity index is 1280. The van der Waals surface area contributed by atoms with E-state index in [1.165, 1.54) is 10.9 Å². The van der Waals surface area contributed by atoms with Crippen molar-refractivity contribution in [2.24, 2.45) is 5.73 Å². The van der Waals surface area contributed by atoms with Gasteiger partial charge < -0.3 is 42.4 Å². The van der Waals surface area contributed by atoms with Gasteiger partial charge in [-0.1, -0.05) is 24.3 Å². The fraction of sp³-hybridized carbons (Fsp3) is 0.480. The first-order chi connectivity index (χ1) is 18.8. The molecule has 2 aromatic heterocycles. The maximum Gasteiger partial charge on any atom is 0.252 e. The largest absolute Gasteiger partial charge is 0.387 e. The van der Waals surface area contributed by atoms with Gasteiger partial charge in [-0.3, -0.25) is 14.2 Å². The fourth-order valence-corrected chi connectivity index (χ4v) is 4.33. The van der Waals surface area contributed by atoms with E-state index in [4.69, 9.17) is 16.2 Å². The number of imidazole rings is 1. The molecule has 2 amide bonds. The normalized spacial score (nSPS) is 20.7. The zero-order valence-corrected chi connectivity index (χ0v) is 21.7. The molecule has 1 saturated heterocycles. The Balaban J connectivity index is 1.38. The summed E-state index contributed by atoms with van der Waals surface area (Å²) in [7, 11) is 0. The van der Waals surface area contributed by atoms with Crippen molar-refractivity contribution in [3.63, 3.8) is 0 Å². The van der Waals surface area contributed by atoms with E-state index >= 15 is 0 Å². The SMILES string of the molecule is CCNC(=O)C1OC(n2cnc3c(N)nc(NCCc4ccc(CCC(=O)NCCN)cc4)nc32)[C@@H](O)[C@H]1O. The summed E-state index contributed by atoms with van der Waals surface area (Å²) in [6.07, 6.45) is -2.01. The van der Waals surface area contributed by atoms with E-state index < -0.39 is 30.4 Å². The molecular weight excluding hydrogens is 506 g/mol. The van der Waals surface area contributed by atoms with Crippen molar-refractivity contribution in [2.75, 3.05) is 37.2 Å². The number of likely N-dealkylation sites (N-methyl/N-ethyl adjacent to an activating group) is 1. The number of rotatable bonds is 12. The highest BCUT2D eigenvalue weighted by Gasteiger charge is 2.47. The number of fused-ring (bicyclic) bond motifs is 1. The van der Waals surface area contributed by atoms with Crippen LogP contribution in [0.1, 0.15) is 30.7 Å². The Labute approximate surface area is 225 Å². The summed E-state index contributed by atoms with van der Waals surface area (Å²) in [5.41, 5.74) is 14.3. The van der Waals surface area contributed by atoms with Crippen molar-refractivity contribution in [3.05, 3.63) is 41.7 Å². The molecule has 3 heterocycles. The van der Waals surface area contributed by atoms with Gasteiger partial charge in [-0.25, -0.2) is 4.98 Å². The Morgan fingerprint density at radius 1 is 1.05 bits per heavy atom. The van der Waals surface area contributed by atoms with Gasteiger partial charge in [-0.05, 0) is 30.9 Å². The van der Waals surface area contributed by atoms with Crippen LogP contribution in [0.5, 0.6) is 0 Å². The van der Waals surface area contributed by atoms with E-state index in [1.54, 1.807) is 6.92 Å². The van der Waals surface area contributed by atoms with Gasteiger partial charge in [0.2, 0.25) is 11.9 Å². The van der Waals surface area contributed by atoms with Gasteiger partial charge in [-0.2, -0.15) is 9.97 Å². The third kappa shape index (κ3) is 6.60. The van der Waals surface area contributed by atoms with Crippen molar-refractivity contribution in [3.8, 4) is 0 Å². The zero-order valence-electron chi connectivity index (χ0n) is 21.7. The number of hydrogen-bond donors (Lipinski definition) is 7. The number of aromatic nitrogens is 4. The number of amides is 2. The maximum absolute atomic E-state index is 12.2. The van der Waals surface area contributed by atoms with Crippen LogP contribution in [0.2, 0.25) is 0 Å². The van der Waals surface area contributed by atoms with Gasteiger partial charge in [0.1, 0.15) is 17.7 Å². The Kier molecular flexibility index (Phi) is 9.24. The second-order valence-corrected chi connectivity index (χ2v) is 9.21. The number of carbonyl (C=O) groups excluding carboxylic acids is 2. The molecule has 0 radical (unpaired) electrons. The number of nitrogens with one attached hydrogen (secondary N) is 3. The molecular formula is C25H35N9O5. The molecule has 14 heteroatoms. The number of nitrogen functional groups attached to an aromatic ring is 1. The van der Waals surface area contributed by atoms with Crippen LogP contribution >= 0.6 is 0 Å². The van der Waals surface area contributed by atoms with Gasteiger partial charge in [0.25, 0.3) is 5.91 Å². The number of ether oxygens (including phenoxy) is 1. The molecule has 1 aliphatic rings. The van der Waals surface area contributed by atoms with E-state index in [9.17, 15) is 19.8 Å². The summed E-state index contributed by atoms with van der Waals surface area (Å²) in [6.45, 7) is 3.52. The monoisotopic (exact) mass is 541 g/mol. The second kappa shape index (κ2) is 12.8.